The van der Waals surface area contributed by atoms with E-state index in [1.54, 1.807) is 28.2 Å². The van der Waals surface area contributed by atoms with Gasteiger partial charge in [-0.2, -0.15) is 0 Å². The predicted molar refractivity (Wildman–Crippen MR) is 302 cm³/mol. The van der Waals surface area contributed by atoms with Crippen LogP contribution < -0.4 is 0 Å². The molecule has 4 rings (SSSR count). The molecular weight excluding hydrogens is 1030 g/mol. The molecule has 0 spiro atoms. The third-order valence-corrected chi connectivity index (χ3v) is 13.1. The van der Waals surface area contributed by atoms with Crippen LogP contribution >= 0.6 is 0 Å². The second-order valence-corrected chi connectivity index (χ2v) is 19.3. The molecule has 4 atom stereocenters. The Kier molecular flexibility index (Phi) is 26.9. The van der Waals surface area contributed by atoms with Gasteiger partial charge in [-0.3, -0.25) is 19.2 Å². The van der Waals surface area contributed by atoms with Gasteiger partial charge in [0.15, 0.2) is 0 Å². The van der Waals surface area contributed by atoms with Crippen molar-refractivity contribution in [1.82, 2.24) is 19.6 Å². The number of nitrogens with zero attached hydrogens (tertiary/aromatic N) is 4. The van der Waals surface area contributed by atoms with E-state index in [1.165, 1.54) is 19.6 Å². The van der Waals surface area contributed by atoms with Crippen LogP contribution in [0.1, 0.15) is 119 Å². The number of aliphatic carboxylic acids is 4. The summed E-state index contributed by atoms with van der Waals surface area (Å²) in [5, 5.41) is 70.6. The molecule has 20 heteroatoms. The molecule has 0 saturated heterocycles. The van der Waals surface area contributed by atoms with E-state index in [4.69, 9.17) is 40.9 Å². The molecule has 4 amide bonds. The summed E-state index contributed by atoms with van der Waals surface area (Å²) in [7, 11) is 6.27. The lowest BCUT2D eigenvalue weighted by atomic mass is 9.99. The summed E-state index contributed by atoms with van der Waals surface area (Å²) in [6.07, 6.45) is 2.84. The molecule has 0 bridgehead atoms. The molecule has 0 aliphatic carbocycles. The minimum atomic E-state index is -1.52. The Morgan fingerprint density at radius 3 is 0.588 bits per heavy atom. The molecule has 0 fully saturated rings. The summed E-state index contributed by atoms with van der Waals surface area (Å²) < 4.78 is 0. The van der Waals surface area contributed by atoms with Gasteiger partial charge >= 0.3 is 23.9 Å². The van der Waals surface area contributed by atoms with Gasteiger partial charge in [-0.1, -0.05) is 95.1 Å². The number of carboxylic acid groups (broad SMARTS) is 4. The second-order valence-electron chi connectivity index (χ2n) is 19.3. The fourth-order valence-electron chi connectivity index (χ4n) is 7.90. The molecule has 20 nitrogen and oxygen atoms in total. The van der Waals surface area contributed by atoms with Crippen LogP contribution in [0, 0.1) is 55.4 Å². The van der Waals surface area contributed by atoms with Gasteiger partial charge in [0, 0.05) is 28.2 Å². The number of benzene rings is 4. The number of likely N-dealkylation sites (N-methyl/N-ethyl adjacent to an activating group) is 4. The van der Waals surface area contributed by atoms with Gasteiger partial charge in [0.2, 0.25) is 23.0 Å². The van der Waals surface area contributed by atoms with Crippen molar-refractivity contribution in [2.24, 2.45) is 0 Å². The smallest absolute Gasteiger partial charge is 0.371 e. The van der Waals surface area contributed by atoms with Crippen LogP contribution in [0.4, 0.5) is 0 Å². The predicted octanol–water partition coefficient (Wildman–Crippen LogP) is 9.40. The zero-order chi connectivity index (χ0) is 61.8. The van der Waals surface area contributed by atoms with E-state index in [0.29, 0.717) is 24.3 Å². The van der Waals surface area contributed by atoms with Crippen LogP contribution in [0.2, 0.25) is 0 Å². The Morgan fingerprint density at radius 1 is 0.312 bits per heavy atom. The molecule has 4 aromatic carbocycles. The zero-order valence-electron chi connectivity index (χ0n) is 48.2. The van der Waals surface area contributed by atoms with Gasteiger partial charge in [-0.25, -0.2) is 19.2 Å². The third-order valence-electron chi connectivity index (χ3n) is 13.1. The number of rotatable bonds is 16. The molecule has 8 N–H and O–H groups in total. The number of carbonyl (C=O) groups excluding carboxylic acids is 4. The number of carboxylic acids is 4. The van der Waals surface area contributed by atoms with E-state index in [2.05, 4.69) is 0 Å². The van der Waals surface area contributed by atoms with Crippen molar-refractivity contribution in [2.75, 3.05) is 28.2 Å². The summed E-state index contributed by atoms with van der Waals surface area (Å²) in [6, 6.07) is 22.8. The highest BCUT2D eigenvalue weighted by Crippen LogP contribution is 2.27. The van der Waals surface area contributed by atoms with E-state index in [9.17, 15) is 38.4 Å². The largest absolute Gasteiger partial charge is 0.502 e. The first kappa shape index (κ1) is 68.8. The highest BCUT2D eigenvalue weighted by Gasteiger charge is 2.23. The number of aryl methyl sites for hydroxylation is 8. The Morgan fingerprint density at radius 2 is 0.463 bits per heavy atom. The van der Waals surface area contributed by atoms with Gasteiger partial charge in [0.25, 0.3) is 23.6 Å². The van der Waals surface area contributed by atoms with Crippen molar-refractivity contribution in [3.05, 3.63) is 187 Å². The Hall–Kier alpha value is -9.20. The lowest BCUT2D eigenvalue weighted by molar-refractivity contribution is -0.137. The molecule has 0 radical (unpaired) electrons. The number of amides is 4. The summed E-state index contributed by atoms with van der Waals surface area (Å²) in [4.78, 5) is 95.1. The van der Waals surface area contributed by atoms with Crippen LogP contribution in [0.5, 0.6) is 0 Å². The van der Waals surface area contributed by atoms with Crippen LogP contribution in [0.3, 0.4) is 0 Å². The van der Waals surface area contributed by atoms with Crippen LogP contribution in [-0.2, 0) is 38.4 Å². The summed E-state index contributed by atoms with van der Waals surface area (Å²) in [6.45, 7) is 23.2. The van der Waals surface area contributed by atoms with Crippen LogP contribution in [0.15, 0.2) is 120 Å². The van der Waals surface area contributed by atoms with E-state index in [0.717, 1.165) is 66.8 Å². The normalized spacial score (nSPS) is 12.9. The maximum absolute atomic E-state index is 11.9. The van der Waals surface area contributed by atoms with Crippen molar-refractivity contribution in [2.45, 2.75) is 107 Å². The summed E-state index contributed by atoms with van der Waals surface area (Å²) in [5.41, 5.74) is 12.7. The third kappa shape index (κ3) is 21.0. The Balaban J connectivity index is 0.000000533. The van der Waals surface area contributed by atoms with Gasteiger partial charge < -0.3 is 60.5 Å². The van der Waals surface area contributed by atoms with E-state index in [-0.39, 0.29) is 24.2 Å². The summed E-state index contributed by atoms with van der Waals surface area (Å²) >= 11 is 0. The van der Waals surface area contributed by atoms with Crippen molar-refractivity contribution < 1.29 is 79.2 Å². The number of hydrogen-bond acceptors (Lipinski definition) is 12. The number of carbonyl (C=O) groups is 8. The van der Waals surface area contributed by atoms with E-state index in [1.807, 2.05) is 156 Å². The fraction of sp³-hybridized carbons (Fsp3) is 0.333. The second kappa shape index (κ2) is 31.3. The van der Waals surface area contributed by atoms with Crippen molar-refractivity contribution >= 4 is 47.5 Å². The number of aliphatic hydroxyl groups excluding tert-OH is 4. The highest BCUT2D eigenvalue weighted by atomic mass is 16.4. The molecule has 432 valence electrons. The monoisotopic (exact) mass is 1110 g/mol. The maximum atomic E-state index is 11.9. The van der Waals surface area contributed by atoms with E-state index >= 15 is 0 Å². The molecular formula is C60H76N4O16. The van der Waals surface area contributed by atoms with Crippen LogP contribution in [-0.4, -0.2) is 136 Å². The number of aliphatic hydroxyl groups is 4. The molecule has 0 aromatic heterocycles. The van der Waals surface area contributed by atoms with Gasteiger partial charge in [-0.15, -0.1) is 0 Å². The molecule has 0 saturated carbocycles. The first-order chi connectivity index (χ1) is 36.9. The van der Waals surface area contributed by atoms with Crippen molar-refractivity contribution in [3.8, 4) is 0 Å². The average molecular weight is 1110 g/mol. The van der Waals surface area contributed by atoms with Crippen molar-refractivity contribution in [3.63, 3.8) is 0 Å². The Labute approximate surface area is 467 Å². The fourth-order valence-corrected chi connectivity index (χ4v) is 7.90. The summed E-state index contributed by atoms with van der Waals surface area (Å²) in [5.74, 6) is -12.2. The molecule has 0 aliphatic rings. The Bertz CT molecular complexity index is 2660. The molecule has 4 unspecified atom stereocenters. The lowest BCUT2D eigenvalue weighted by Gasteiger charge is -2.25. The van der Waals surface area contributed by atoms with Gasteiger partial charge in [-0.05, 0) is 128 Å². The maximum Gasteiger partial charge on any atom is 0.371 e. The number of hydrogen-bond donors (Lipinski definition) is 8. The van der Waals surface area contributed by atoms with Crippen molar-refractivity contribution in [1.29, 1.82) is 0 Å². The van der Waals surface area contributed by atoms with Gasteiger partial charge in [0.1, 0.15) is 0 Å². The van der Waals surface area contributed by atoms with E-state index < -0.39 is 70.5 Å². The first-order valence-electron chi connectivity index (χ1n) is 24.9. The zero-order valence-corrected chi connectivity index (χ0v) is 48.2. The molecule has 0 heterocycles. The van der Waals surface area contributed by atoms with Crippen LogP contribution in [0.25, 0.3) is 0 Å². The SMILES string of the molecule is Cc1ccc(C(C)N(C)C(=O)/C=C(\O)C(=O)O)c(C)c1.Cc1ccc(C(C)N(C)C(=O)/C=C(\O)C(=O)O)c(C)c1.Cc1ccc(C(C)N(C)C(=O)/C=C(\O)C(=O)O)c(C)c1.Cc1ccc(C(C)N(C)C(=O)/C=C(\O)C(=O)O)c(C)c1. The topological polar surface area (TPSA) is 311 Å². The average Bonchev–Trinajstić information content (AvgIpc) is 3.37. The highest BCUT2D eigenvalue weighted by molar-refractivity contribution is 5.98. The standard InChI is InChI=1S/4C15H19NO4/c4*1-9-5-6-12(10(2)7-9)11(3)16(4)14(18)8-13(17)15(19)20/h4*5-8,11,17H,1-4H3,(H,19,20)/b4*13-8-. The molecule has 4 aromatic rings. The minimum Gasteiger partial charge on any atom is -0.502 e. The molecule has 0 aliphatic heterocycles. The quantitative estimate of drug-likeness (QED) is 0.0382. The lowest BCUT2D eigenvalue weighted by Crippen LogP contribution is -2.29. The first-order valence-corrected chi connectivity index (χ1v) is 24.9. The molecule has 80 heavy (non-hydrogen) atoms. The minimum absolute atomic E-state index is 0.221. The van der Waals surface area contributed by atoms with Gasteiger partial charge in [0.05, 0.1) is 48.5 Å².